The van der Waals surface area contributed by atoms with Gasteiger partial charge in [-0.2, -0.15) is 0 Å². The molecule has 0 bridgehead atoms. The van der Waals surface area contributed by atoms with Crippen molar-refractivity contribution in [2.45, 2.75) is 70.1 Å². The van der Waals surface area contributed by atoms with Gasteiger partial charge in [-0.25, -0.2) is 22.0 Å². The maximum atomic E-state index is 12.9. The predicted octanol–water partition coefficient (Wildman–Crippen LogP) is 2.85. The fraction of sp³-hybridized carbons (Fsp3) is 1.00. The fourth-order valence-electron chi connectivity index (χ4n) is 1.42. The van der Waals surface area contributed by atoms with Crippen LogP contribution < -0.4 is 0 Å². The van der Waals surface area contributed by atoms with E-state index < -0.39 is 31.6 Å². The van der Waals surface area contributed by atoms with Crippen LogP contribution in [0.2, 0.25) is 0 Å². The number of rotatable bonds is 11. The van der Waals surface area contributed by atoms with Gasteiger partial charge >= 0.3 is 0 Å². The zero-order chi connectivity index (χ0) is 14.8. The van der Waals surface area contributed by atoms with Gasteiger partial charge in [0.15, 0.2) is 0 Å². The molecule has 0 heterocycles. The molecule has 0 radical (unpaired) electrons. The Morgan fingerprint density at radius 2 is 1.26 bits per heavy atom. The summed E-state index contributed by atoms with van der Waals surface area (Å²) in [5, 5.41) is 17.3. The summed E-state index contributed by atoms with van der Waals surface area (Å²) in [5.41, 5.74) is 0. The van der Waals surface area contributed by atoms with E-state index in [2.05, 4.69) is 4.74 Å². The summed E-state index contributed by atoms with van der Waals surface area (Å²) < 4.78 is 64.3. The van der Waals surface area contributed by atoms with Gasteiger partial charge in [0.25, 0.3) is 12.9 Å². The Bertz CT molecular complexity index is 219. The second-order valence-electron chi connectivity index (χ2n) is 4.16. The van der Waals surface area contributed by atoms with E-state index in [1.165, 1.54) is 0 Å². The van der Waals surface area contributed by atoms with E-state index in [9.17, 15) is 22.0 Å². The molecular weight excluding hydrogens is 275 g/mol. The van der Waals surface area contributed by atoms with Crippen LogP contribution in [0.4, 0.5) is 22.0 Å². The number of hydrogen-bond donors (Lipinski definition) is 2. The Morgan fingerprint density at radius 1 is 0.737 bits per heavy atom. The van der Waals surface area contributed by atoms with Crippen molar-refractivity contribution in [2.75, 3.05) is 0 Å². The number of alkyl halides is 5. The third kappa shape index (κ3) is 10.0. The molecule has 0 rings (SSSR count). The lowest BCUT2D eigenvalue weighted by atomic mass is 10.1. The smallest absolute Gasteiger partial charge is 0.288 e. The van der Waals surface area contributed by atoms with Crippen LogP contribution in [0, 0.1) is 0 Å². The van der Waals surface area contributed by atoms with E-state index in [0.717, 1.165) is 0 Å². The van der Waals surface area contributed by atoms with Gasteiger partial charge in [-0.3, -0.25) is 0 Å². The van der Waals surface area contributed by atoms with E-state index >= 15 is 0 Å². The summed E-state index contributed by atoms with van der Waals surface area (Å²) in [6, 6.07) is 0. The van der Waals surface area contributed by atoms with Crippen molar-refractivity contribution in [2.24, 2.45) is 0 Å². The van der Waals surface area contributed by atoms with Crippen molar-refractivity contribution >= 4 is 0 Å². The minimum absolute atomic E-state index is 0.0304. The van der Waals surface area contributed by atoms with Crippen LogP contribution in [0.3, 0.4) is 0 Å². The van der Waals surface area contributed by atoms with Gasteiger partial charge in [-0.05, 0) is 12.8 Å². The number of halogens is 5. The lowest BCUT2D eigenvalue weighted by Gasteiger charge is -2.14. The van der Waals surface area contributed by atoms with Crippen LogP contribution in [0.25, 0.3) is 0 Å². The molecule has 0 aliphatic rings. The van der Waals surface area contributed by atoms with Crippen molar-refractivity contribution in [3.63, 3.8) is 0 Å². The number of hydrogen-bond acceptors (Lipinski definition) is 3. The molecule has 0 aromatic carbocycles. The molecule has 0 saturated heterocycles. The largest absolute Gasteiger partial charge is 0.387 e. The minimum atomic E-state index is -3.16. The Labute approximate surface area is 108 Å². The molecule has 8 heteroatoms. The Hall–Kier alpha value is -0.470. The standard InChI is InChI=1S/C11H19F5O3/c12-8(19-11(18)10(15)16)6-4-2-1-3-5-7(17)9(13)14/h7-11,17-18H,1-6H2. The summed E-state index contributed by atoms with van der Waals surface area (Å²) in [6.07, 6.45) is -10.4. The van der Waals surface area contributed by atoms with E-state index in [1.54, 1.807) is 0 Å². The van der Waals surface area contributed by atoms with E-state index in [0.29, 0.717) is 25.7 Å². The van der Waals surface area contributed by atoms with Gasteiger partial charge in [0.05, 0.1) is 0 Å². The van der Waals surface area contributed by atoms with Gasteiger partial charge < -0.3 is 14.9 Å². The average Bonchev–Trinajstić information content (AvgIpc) is 2.32. The van der Waals surface area contributed by atoms with Crippen molar-refractivity contribution in [3.8, 4) is 0 Å². The average molecular weight is 294 g/mol. The highest BCUT2D eigenvalue weighted by molar-refractivity contribution is 4.58. The van der Waals surface area contributed by atoms with Gasteiger partial charge in [0.2, 0.25) is 12.6 Å². The normalized spacial score (nSPS) is 16.9. The Kier molecular flexibility index (Phi) is 10.1. The second-order valence-corrected chi connectivity index (χ2v) is 4.16. The van der Waals surface area contributed by atoms with Gasteiger partial charge in [0.1, 0.15) is 6.10 Å². The van der Waals surface area contributed by atoms with Gasteiger partial charge in [-0.1, -0.05) is 19.3 Å². The van der Waals surface area contributed by atoms with Crippen LogP contribution in [0.1, 0.15) is 38.5 Å². The zero-order valence-electron chi connectivity index (χ0n) is 10.3. The van der Waals surface area contributed by atoms with Crippen LogP contribution >= 0.6 is 0 Å². The van der Waals surface area contributed by atoms with Gasteiger partial charge in [0, 0.05) is 6.42 Å². The topological polar surface area (TPSA) is 49.7 Å². The molecule has 19 heavy (non-hydrogen) atoms. The van der Waals surface area contributed by atoms with E-state index in [4.69, 9.17) is 10.2 Å². The molecule has 3 nitrogen and oxygen atoms in total. The number of unbranched alkanes of at least 4 members (excludes halogenated alkanes) is 3. The number of aliphatic hydroxyl groups is 2. The van der Waals surface area contributed by atoms with Crippen LogP contribution in [0.15, 0.2) is 0 Å². The van der Waals surface area contributed by atoms with Crippen molar-refractivity contribution < 1.29 is 36.9 Å². The molecule has 0 amide bonds. The SMILES string of the molecule is OC(CCCCCCC(F)OC(O)C(F)F)C(F)F. The highest BCUT2D eigenvalue weighted by Crippen LogP contribution is 2.15. The highest BCUT2D eigenvalue weighted by Gasteiger charge is 2.21. The second kappa shape index (κ2) is 10.3. The first kappa shape index (κ1) is 18.5. The quantitative estimate of drug-likeness (QED) is 0.350. The first-order chi connectivity index (χ1) is 8.84. The minimum Gasteiger partial charge on any atom is -0.387 e. The zero-order valence-corrected chi connectivity index (χ0v) is 10.3. The number of aliphatic hydroxyl groups excluding tert-OH is 2. The van der Waals surface area contributed by atoms with Gasteiger partial charge in [-0.15, -0.1) is 0 Å². The molecule has 3 unspecified atom stereocenters. The Morgan fingerprint density at radius 3 is 1.74 bits per heavy atom. The Balaban J connectivity index is 3.44. The third-order valence-corrected chi connectivity index (χ3v) is 2.47. The summed E-state index contributed by atoms with van der Waals surface area (Å²) in [6.45, 7) is 0. The summed E-state index contributed by atoms with van der Waals surface area (Å²) in [7, 11) is 0. The molecule has 116 valence electrons. The first-order valence-electron chi connectivity index (χ1n) is 6.06. The molecule has 0 spiro atoms. The van der Waals surface area contributed by atoms with Crippen molar-refractivity contribution in [3.05, 3.63) is 0 Å². The molecule has 3 atom stereocenters. The lowest BCUT2D eigenvalue weighted by Crippen LogP contribution is -2.25. The van der Waals surface area contributed by atoms with E-state index in [1.807, 2.05) is 0 Å². The molecule has 0 aliphatic heterocycles. The summed E-state index contributed by atoms with van der Waals surface area (Å²) >= 11 is 0. The highest BCUT2D eigenvalue weighted by atomic mass is 19.3. The fourth-order valence-corrected chi connectivity index (χ4v) is 1.42. The maximum absolute atomic E-state index is 12.9. The molecule has 0 aromatic heterocycles. The molecular formula is C11H19F5O3. The lowest BCUT2D eigenvalue weighted by molar-refractivity contribution is -0.229. The third-order valence-electron chi connectivity index (χ3n) is 2.47. The molecule has 0 fully saturated rings. The number of ether oxygens (including phenoxy) is 1. The van der Waals surface area contributed by atoms with Crippen LogP contribution in [-0.2, 0) is 4.74 Å². The van der Waals surface area contributed by atoms with Crippen LogP contribution in [-0.4, -0.2) is 41.8 Å². The maximum Gasteiger partial charge on any atom is 0.288 e. The van der Waals surface area contributed by atoms with E-state index in [-0.39, 0.29) is 12.8 Å². The summed E-state index contributed by atoms with van der Waals surface area (Å²) in [4.78, 5) is 0. The predicted molar refractivity (Wildman–Crippen MR) is 57.7 cm³/mol. The molecule has 2 N–H and O–H groups in total. The first-order valence-corrected chi connectivity index (χ1v) is 6.06. The molecule has 0 aliphatic carbocycles. The van der Waals surface area contributed by atoms with Crippen LogP contribution in [0.5, 0.6) is 0 Å². The molecule has 0 aromatic rings. The molecule has 0 saturated carbocycles. The van der Waals surface area contributed by atoms with Crippen molar-refractivity contribution in [1.82, 2.24) is 0 Å². The summed E-state index contributed by atoms with van der Waals surface area (Å²) in [5.74, 6) is 0. The monoisotopic (exact) mass is 294 g/mol. The van der Waals surface area contributed by atoms with Crippen molar-refractivity contribution in [1.29, 1.82) is 0 Å².